The minimum absolute atomic E-state index is 0.0739. The quantitative estimate of drug-likeness (QED) is 0.513. The predicted molar refractivity (Wildman–Crippen MR) is 134 cm³/mol. The molecule has 0 aliphatic carbocycles. The van der Waals surface area contributed by atoms with Crippen molar-refractivity contribution >= 4 is 11.6 Å². The first kappa shape index (κ1) is 25.9. The fourth-order valence-electron chi connectivity index (χ4n) is 4.45. The van der Waals surface area contributed by atoms with Crippen molar-refractivity contribution in [1.82, 2.24) is 19.4 Å². The standard InChI is InChI=1S/C27H32F3N5O/c1-19-16-34(18-31-19)23-14-21(27(28,29)30)13-22(15-23)32-25(36)24-8-6-5-7-20(24)17-33-9-11-35(12-10-33)26(2,3)4/h5-8,13-16,18H,9-12,17H2,1-4H3,(H,32,36). The summed E-state index contributed by atoms with van der Waals surface area (Å²) in [7, 11) is 0. The first-order valence-electron chi connectivity index (χ1n) is 12.0. The number of anilines is 1. The van der Waals surface area contributed by atoms with E-state index >= 15 is 0 Å². The number of imidazole rings is 1. The molecular weight excluding hydrogens is 467 g/mol. The van der Waals surface area contributed by atoms with E-state index in [1.54, 1.807) is 25.3 Å². The zero-order chi connectivity index (χ0) is 26.1. The van der Waals surface area contributed by atoms with Crippen molar-refractivity contribution in [3.05, 3.63) is 77.4 Å². The Morgan fingerprint density at radius 2 is 1.72 bits per heavy atom. The number of hydrogen-bond acceptors (Lipinski definition) is 4. The topological polar surface area (TPSA) is 53.4 Å². The van der Waals surface area contributed by atoms with Crippen molar-refractivity contribution in [2.24, 2.45) is 0 Å². The average molecular weight is 500 g/mol. The third-order valence-corrected chi connectivity index (χ3v) is 6.49. The molecule has 0 spiro atoms. The highest BCUT2D eigenvalue weighted by Crippen LogP contribution is 2.33. The number of alkyl halides is 3. The van der Waals surface area contributed by atoms with Gasteiger partial charge in [0.25, 0.3) is 5.91 Å². The van der Waals surface area contributed by atoms with Gasteiger partial charge in [-0.1, -0.05) is 18.2 Å². The fourth-order valence-corrected chi connectivity index (χ4v) is 4.45. The maximum Gasteiger partial charge on any atom is 0.416 e. The number of aryl methyl sites for hydroxylation is 1. The minimum Gasteiger partial charge on any atom is -0.322 e. The van der Waals surface area contributed by atoms with E-state index in [1.165, 1.54) is 17.0 Å². The summed E-state index contributed by atoms with van der Waals surface area (Å²) >= 11 is 0. The molecule has 6 nitrogen and oxygen atoms in total. The monoisotopic (exact) mass is 499 g/mol. The Kier molecular flexibility index (Phi) is 7.24. The van der Waals surface area contributed by atoms with Gasteiger partial charge in [0, 0.05) is 61.4 Å². The van der Waals surface area contributed by atoms with Crippen molar-refractivity contribution in [2.75, 3.05) is 31.5 Å². The van der Waals surface area contributed by atoms with Crippen molar-refractivity contribution in [1.29, 1.82) is 0 Å². The number of nitrogens with zero attached hydrogens (tertiary/aromatic N) is 4. The third-order valence-electron chi connectivity index (χ3n) is 6.49. The predicted octanol–water partition coefficient (Wildman–Crippen LogP) is 5.37. The fraction of sp³-hybridized carbons (Fsp3) is 0.407. The molecule has 4 rings (SSSR count). The number of amides is 1. The van der Waals surface area contributed by atoms with Crippen LogP contribution in [0.15, 0.2) is 55.0 Å². The van der Waals surface area contributed by atoms with Gasteiger partial charge in [0.15, 0.2) is 0 Å². The van der Waals surface area contributed by atoms with Crippen LogP contribution in [-0.4, -0.2) is 57.0 Å². The molecule has 1 saturated heterocycles. The van der Waals surface area contributed by atoms with Crippen LogP contribution in [0.3, 0.4) is 0 Å². The van der Waals surface area contributed by atoms with E-state index in [4.69, 9.17) is 0 Å². The molecule has 1 aromatic heterocycles. The van der Waals surface area contributed by atoms with Gasteiger partial charge in [-0.25, -0.2) is 4.98 Å². The van der Waals surface area contributed by atoms with Crippen LogP contribution in [0, 0.1) is 6.92 Å². The molecule has 2 aromatic carbocycles. The Bertz CT molecular complexity index is 1220. The number of carbonyl (C=O) groups is 1. The van der Waals surface area contributed by atoms with Crippen molar-refractivity contribution < 1.29 is 18.0 Å². The molecule has 1 aliphatic heterocycles. The van der Waals surface area contributed by atoms with Gasteiger partial charge in [0.05, 0.1) is 17.6 Å². The number of carbonyl (C=O) groups excluding carboxylic acids is 1. The van der Waals surface area contributed by atoms with Gasteiger partial charge in [-0.2, -0.15) is 13.2 Å². The van der Waals surface area contributed by atoms with Gasteiger partial charge in [-0.15, -0.1) is 0 Å². The van der Waals surface area contributed by atoms with Crippen LogP contribution in [0.1, 0.15) is 48.0 Å². The minimum atomic E-state index is -4.56. The largest absolute Gasteiger partial charge is 0.416 e. The van der Waals surface area contributed by atoms with Crippen LogP contribution in [0.4, 0.5) is 18.9 Å². The maximum absolute atomic E-state index is 13.6. The van der Waals surface area contributed by atoms with Crippen molar-refractivity contribution in [3.63, 3.8) is 0 Å². The van der Waals surface area contributed by atoms with Crippen molar-refractivity contribution in [2.45, 2.75) is 46.0 Å². The molecule has 192 valence electrons. The summed E-state index contributed by atoms with van der Waals surface area (Å²) in [5.41, 5.74) is 1.59. The van der Waals surface area contributed by atoms with Gasteiger partial charge in [0.2, 0.25) is 0 Å². The molecule has 0 radical (unpaired) electrons. The summed E-state index contributed by atoms with van der Waals surface area (Å²) in [6.07, 6.45) is -1.47. The van der Waals surface area contributed by atoms with E-state index in [0.29, 0.717) is 17.8 Å². The average Bonchev–Trinajstić information content (AvgIpc) is 3.25. The van der Waals surface area contributed by atoms with Crippen LogP contribution >= 0.6 is 0 Å². The van der Waals surface area contributed by atoms with Crippen LogP contribution in [-0.2, 0) is 12.7 Å². The second kappa shape index (κ2) is 10.1. The molecule has 0 bridgehead atoms. The number of hydrogen-bond donors (Lipinski definition) is 1. The number of rotatable bonds is 5. The molecule has 1 N–H and O–H groups in total. The first-order valence-corrected chi connectivity index (χ1v) is 12.0. The smallest absolute Gasteiger partial charge is 0.322 e. The highest BCUT2D eigenvalue weighted by Gasteiger charge is 2.32. The Hall–Kier alpha value is -3.17. The number of aromatic nitrogens is 2. The van der Waals surface area contributed by atoms with Crippen LogP contribution in [0.2, 0.25) is 0 Å². The molecule has 1 amide bonds. The summed E-state index contributed by atoms with van der Waals surface area (Å²) in [4.78, 5) is 22.1. The number of benzene rings is 2. The van der Waals surface area contributed by atoms with E-state index in [-0.39, 0.29) is 16.9 Å². The lowest BCUT2D eigenvalue weighted by Crippen LogP contribution is -2.53. The second-order valence-corrected chi connectivity index (χ2v) is 10.2. The van der Waals surface area contributed by atoms with Gasteiger partial charge in [-0.3, -0.25) is 14.6 Å². The zero-order valence-electron chi connectivity index (χ0n) is 21.1. The number of piperazine rings is 1. The van der Waals surface area contributed by atoms with Crippen LogP contribution < -0.4 is 5.32 Å². The highest BCUT2D eigenvalue weighted by atomic mass is 19.4. The molecule has 0 saturated carbocycles. The summed E-state index contributed by atoms with van der Waals surface area (Å²) in [6, 6.07) is 10.8. The summed E-state index contributed by atoms with van der Waals surface area (Å²) in [6.45, 7) is 12.6. The maximum atomic E-state index is 13.6. The van der Waals surface area contributed by atoms with Crippen LogP contribution in [0.25, 0.3) is 5.69 Å². The SMILES string of the molecule is Cc1cn(-c2cc(NC(=O)c3ccccc3CN3CCN(C(C)(C)C)CC3)cc(C(F)(F)F)c2)cn1. The van der Waals surface area contributed by atoms with Crippen molar-refractivity contribution in [3.8, 4) is 5.69 Å². The summed E-state index contributed by atoms with van der Waals surface area (Å²) in [5, 5.41) is 2.69. The Balaban J connectivity index is 1.54. The van der Waals surface area contributed by atoms with Gasteiger partial charge < -0.3 is 9.88 Å². The lowest BCUT2D eigenvalue weighted by Gasteiger charge is -2.42. The summed E-state index contributed by atoms with van der Waals surface area (Å²) in [5.74, 6) is -0.439. The Morgan fingerprint density at radius 1 is 1.03 bits per heavy atom. The number of halogens is 3. The van der Waals surface area contributed by atoms with E-state index in [9.17, 15) is 18.0 Å². The van der Waals surface area contributed by atoms with E-state index in [2.05, 4.69) is 40.9 Å². The van der Waals surface area contributed by atoms with E-state index < -0.39 is 17.6 Å². The molecule has 9 heteroatoms. The number of nitrogens with one attached hydrogen (secondary N) is 1. The van der Waals surface area contributed by atoms with E-state index in [1.807, 2.05) is 12.1 Å². The molecule has 1 fully saturated rings. The van der Waals surface area contributed by atoms with Crippen LogP contribution in [0.5, 0.6) is 0 Å². The molecule has 1 aliphatic rings. The lowest BCUT2D eigenvalue weighted by molar-refractivity contribution is -0.137. The molecule has 36 heavy (non-hydrogen) atoms. The van der Waals surface area contributed by atoms with Gasteiger partial charge in [0.1, 0.15) is 0 Å². The molecule has 3 aromatic rings. The van der Waals surface area contributed by atoms with Gasteiger partial charge >= 0.3 is 6.18 Å². The molecule has 0 unspecified atom stereocenters. The molecule has 2 heterocycles. The normalized spacial score (nSPS) is 15.8. The second-order valence-electron chi connectivity index (χ2n) is 10.2. The third kappa shape index (κ3) is 6.14. The highest BCUT2D eigenvalue weighted by molar-refractivity contribution is 6.05. The zero-order valence-corrected chi connectivity index (χ0v) is 21.1. The Morgan fingerprint density at radius 3 is 2.33 bits per heavy atom. The molecular formula is C27H32F3N5O. The summed E-state index contributed by atoms with van der Waals surface area (Å²) < 4.78 is 42.3. The van der Waals surface area contributed by atoms with Gasteiger partial charge in [-0.05, 0) is 57.5 Å². The van der Waals surface area contributed by atoms with E-state index in [0.717, 1.165) is 43.9 Å². The molecule has 0 atom stereocenters. The lowest BCUT2D eigenvalue weighted by atomic mass is 10.0. The first-order chi connectivity index (χ1) is 16.9. The Labute approximate surface area is 209 Å².